The van der Waals surface area contributed by atoms with Crippen LogP contribution in [0.15, 0.2) is 35.2 Å². The standard InChI is InChI=1S/C16H26N2O3S/c1-14(2)21-12-11-18-10-6-7-15(13-18)17-22(19,20)16-8-4-3-5-9-16/h3-5,8-9,14-15,17H,6-7,10-13H2,1-2H3/t15-/m1/s1. The quantitative estimate of drug-likeness (QED) is 0.831. The van der Waals surface area contributed by atoms with Gasteiger partial charge in [-0.15, -0.1) is 0 Å². The molecule has 1 N–H and O–H groups in total. The molecule has 0 radical (unpaired) electrons. The second-order valence-corrected chi connectivity index (χ2v) is 7.71. The molecular weight excluding hydrogens is 300 g/mol. The van der Waals surface area contributed by atoms with Crippen molar-refractivity contribution >= 4 is 10.0 Å². The monoisotopic (exact) mass is 326 g/mol. The Labute approximate surface area is 133 Å². The minimum Gasteiger partial charge on any atom is -0.377 e. The Morgan fingerprint density at radius 2 is 2.05 bits per heavy atom. The third kappa shape index (κ3) is 5.35. The first-order chi connectivity index (χ1) is 10.5. The molecule has 1 fully saturated rings. The fraction of sp³-hybridized carbons (Fsp3) is 0.625. The van der Waals surface area contributed by atoms with Crippen molar-refractivity contribution in [2.24, 2.45) is 0 Å². The molecule has 0 saturated carbocycles. The molecule has 124 valence electrons. The SMILES string of the molecule is CC(C)OCCN1CCC[C@@H](NS(=O)(=O)c2ccccc2)C1. The van der Waals surface area contributed by atoms with Gasteiger partial charge in [0.1, 0.15) is 0 Å². The van der Waals surface area contributed by atoms with E-state index >= 15 is 0 Å². The van der Waals surface area contributed by atoms with Crippen LogP contribution in [0.25, 0.3) is 0 Å². The first-order valence-corrected chi connectivity index (χ1v) is 9.37. The fourth-order valence-electron chi connectivity index (χ4n) is 2.66. The van der Waals surface area contributed by atoms with E-state index in [1.54, 1.807) is 24.3 Å². The van der Waals surface area contributed by atoms with Gasteiger partial charge in [0.05, 0.1) is 17.6 Å². The highest BCUT2D eigenvalue weighted by Gasteiger charge is 2.24. The Bertz CT molecular complexity index is 546. The third-order valence-corrected chi connectivity index (χ3v) is 5.28. The molecule has 1 aliphatic rings. The van der Waals surface area contributed by atoms with Crippen LogP contribution in [-0.4, -0.2) is 51.7 Å². The minimum absolute atomic E-state index is 0.0296. The molecule has 1 aromatic carbocycles. The van der Waals surface area contributed by atoms with E-state index in [0.717, 1.165) is 32.5 Å². The molecule has 0 amide bonds. The number of piperidine rings is 1. The third-order valence-electron chi connectivity index (χ3n) is 3.74. The molecule has 22 heavy (non-hydrogen) atoms. The molecule has 0 spiro atoms. The maximum absolute atomic E-state index is 12.4. The van der Waals surface area contributed by atoms with Gasteiger partial charge in [-0.05, 0) is 45.4 Å². The van der Waals surface area contributed by atoms with E-state index in [9.17, 15) is 8.42 Å². The summed E-state index contributed by atoms with van der Waals surface area (Å²) >= 11 is 0. The van der Waals surface area contributed by atoms with Crippen molar-refractivity contribution < 1.29 is 13.2 Å². The molecule has 1 atom stereocenters. The van der Waals surface area contributed by atoms with Crippen LogP contribution in [0.5, 0.6) is 0 Å². The van der Waals surface area contributed by atoms with E-state index in [-0.39, 0.29) is 12.1 Å². The average molecular weight is 326 g/mol. The van der Waals surface area contributed by atoms with Crippen LogP contribution in [0.2, 0.25) is 0 Å². The van der Waals surface area contributed by atoms with Crippen LogP contribution in [0.3, 0.4) is 0 Å². The summed E-state index contributed by atoms with van der Waals surface area (Å²) in [5, 5.41) is 0. The van der Waals surface area contributed by atoms with Crippen molar-refractivity contribution in [1.29, 1.82) is 0 Å². The molecule has 0 unspecified atom stereocenters. The molecule has 0 aromatic heterocycles. The lowest BCUT2D eigenvalue weighted by Crippen LogP contribution is -2.48. The number of nitrogens with one attached hydrogen (secondary N) is 1. The molecule has 1 saturated heterocycles. The van der Waals surface area contributed by atoms with Crippen LogP contribution in [0.4, 0.5) is 0 Å². The van der Waals surface area contributed by atoms with Gasteiger partial charge in [-0.25, -0.2) is 13.1 Å². The fourth-order valence-corrected chi connectivity index (χ4v) is 3.94. The van der Waals surface area contributed by atoms with Crippen molar-refractivity contribution in [2.45, 2.75) is 43.7 Å². The number of nitrogens with zero attached hydrogens (tertiary/aromatic N) is 1. The summed E-state index contributed by atoms with van der Waals surface area (Å²) in [5.41, 5.74) is 0. The van der Waals surface area contributed by atoms with E-state index in [1.165, 1.54) is 0 Å². The van der Waals surface area contributed by atoms with Crippen LogP contribution in [0.1, 0.15) is 26.7 Å². The zero-order valence-corrected chi connectivity index (χ0v) is 14.2. The second kappa shape index (κ2) is 8.06. The Hall–Kier alpha value is -0.950. The van der Waals surface area contributed by atoms with Crippen LogP contribution in [0, 0.1) is 0 Å². The average Bonchev–Trinajstić information content (AvgIpc) is 2.48. The van der Waals surface area contributed by atoms with E-state index in [0.29, 0.717) is 11.5 Å². The van der Waals surface area contributed by atoms with E-state index in [1.807, 2.05) is 19.9 Å². The summed E-state index contributed by atoms with van der Waals surface area (Å²) in [7, 11) is -3.43. The number of hydrogen-bond donors (Lipinski definition) is 1. The second-order valence-electron chi connectivity index (χ2n) is 5.99. The van der Waals surface area contributed by atoms with Crippen LogP contribution in [-0.2, 0) is 14.8 Å². The van der Waals surface area contributed by atoms with E-state index in [4.69, 9.17) is 4.74 Å². The highest BCUT2D eigenvalue weighted by Crippen LogP contribution is 2.14. The van der Waals surface area contributed by atoms with Crippen LogP contribution < -0.4 is 4.72 Å². The summed E-state index contributed by atoms with van der Waals surface area (Å²) < 4.78 is 33.1. The van der Waals surface area contributed by atoms with Crippen molar-refractivity contribution in [3.8, 4) is 0 Å². The van der Waals surface area contributed by atoms with Crippen LogP contribution >= 0.6 is 0 Å². The molecule has 1 aromatic rings. The lowest BCUT2D eigenvalue weighted by molar-refractivity contribution is 0.0526. The Morgan fingerprint density at radius 1 is 1.32 bits per heavy atom. The normalized spacial score (nSPS) is 20.4. The Balaban J connectivity index is 1.87. The molecular formula is C16H26N2O3S. The maximum Gasteiger partial charge on any atom is 0.240 e. The highest BCUT2D eigenvalue weighted by atomic mass is 32.2. The molecule has 6 heteroatoms. The zero-order valence-electron chi connectivity index (χ0n) is 13.4. The summed E-state index contributed by atoms with van der Waals surface area (Å²) in [6.45, 7) is 7.33. The van der Waals surface area contributed by atoms with Gasteiger partial charge in [-0.2, -0.15) is 0 Å². The molecule has 1 heterocycles. The lowest BCUT2D eigenvalue weighted by atomic mass is 10.1. The van der Waals surface area contributed by atoms with Gasteiger partial charge in [0.2, 0.25) is 10.0 Å². The number of rotatable bonds is 7. The number of sulfonamides is 1. The highest BCUT2D eigenvalue weighted by molar-refractivity contribution is 7.89. The van der Waals surface area contributed by atoms with Gasteiger partial charge in [0.15, 0.2) is 0 Å². The molecule has 2 rings (SSSR count). The smallest absolute Gasteiger partial charge is 0.240 e. The van der Waals surface area contributed by atoms with E-state index in [2.05, 4.69) is 9.62 Å². The van der Waals surface area contributed by atoms with Crippen molar-refractivity contribution in [3.05, 3.63) is 30.3 Å². The van der Waals surface area contributed by atoms with Gasteiger partial charge in [-0.1, -0.05) is 18.2 Å². The van der Waals surface area contributed by atoms with Crippen molar-refractivity contribution in [3.63, 3.8) is 0 Å². The predicted octanol–water partition coefficient (Wildman–Crippen LogP) is 1.85. The number of likely N-dealkylation sites (tertiary alicyclic amines) is 1. The molecule has 0 aliphatic carbocycles. The summed E-state index contributed by atoms with van der Waals surface area (Å²) in [5.74, 6) is 0. The number of ether oxygens (including phenoxy) is 1. The lowest BCUT2D eigenvalue weighted by Gasteiger charge is -2.33. The summed E-state index contributed by atoms with van der Waals surface area (Å²) in [4.78, 5) is 2.60. The summed E-state index contributed by atoms with van der Waals surface area (Å²) in [6, 6.07) is 8.52. The summed E-state index contributed by atoms with van der Waals surface area (Å²) in [6.07, 6.45) is 2.12. The largest absolute Gasteiger partial charge is 0.377 e. The van der Waals surface area contributed by atoms with Gasteiger partial charge in [-0.3, -0.25) is 4.90 Å². The van der Waals surface area contributed by atoms with Crippen molar-refractivity contribution in [1.82, 2.24) is 9.62 Å². The van der Waals surface area contributed by atoms with Gasteiger partial charge in [0.25, 0.3) is 0 Å². The van der Waals surface area contributed by atoms with Gasteiger partial charge >= 0.3 is 0 Å². The Kier molecular flexibility index (Phi) is 6.37. The number of hydrogen-bond acceptors (Lipinski definition) is 4. The van der Waals surface area contributed by atoms with Gasteiger partial charge < -0.3 is 4.74 Å². The Morgan fingerprint density at radius 3 is 2.73 bits per heavy atom. The first-order valence-electron chi connectivity index (χ1n) is 7.89. The van der Waals surface area contributed by atoms with Crippen molar-refractivity contribution in [2.75, 3.05) is 26.2 Å². The predicted molar refractivity (Wildman–Crippen MR) is 87.3 cm³/mol. The van der Waals surface area contributed by atoms with E-state index < -0.39 is 10.0 Å². The minimum atomic E-state index is -3.43. The maximum atomic E-state index is 12.4. The molecule has 1 aliphatic heterocycles. The van der Waals surface area contributed by atoms with Gasteiger partial charge in [0, 0.05) is 19.1 Å². The molecule has 5 nitrogen and oxygen atoms in total. The molecule has 0 bridgehead atoms. The number of benzene rings is 1. The first kappa shape index (κ1) is 17.4. The zero-order chi connectivity index (χ0) is 16.0. The topological polar surface area (TPSA) is 58.6 Å².